The summed E-state index contributed by atoms with van der Waals surface area (Å²) in [5, 5.41) is 17.7. The van der Waals surface area contributed by atoms with Crippen molar-refractivity contribution >= 4 is 0 Å². The van der Waals surface area contributed by atoms with Gasteiger partial charge in [0.1, 0.15) is 34.8 Å². The number of rotatable bonds is 9. The Kier molecular flexibility index (Phi) is 20.5. The lowest BCUT2D eigenvalue weighted by molar-refractivity contribution is 0.0658. The maximum Gasteiger partial charge on any atom is 0.166 e. The van der Waals surface area contributed by atoms with Crippen LogP contribution in [-0.4, -0.2) is 38.6 Å². The molecular weight excluding hydrogens is 997 g/mol. The molecule has 0 spiro atoms. The van der Waals surface area contributed by atoms with Gasteiger partial charge in [0.2, 0.25) is 0 Å². The highest BCUT2D eigenvalue weighted by Gasteiger charge is 2.24. The first-order chi connectivity index (χ1) is 37.6. The van der Waals surface area contributed by atoms with Crippen LogP contribution in [0.15, 0.2) is 158 Å². The average molecular weight is 1060 g/mol. The predicted molar refractivity (Wildman–Crippen MR) is 298 cm³/mol. The van der Waals surface area contributed by atoms with E-state index < -0.39 is 40.7 Å². The molecule has 0 aromatic heterocycles. The molecule has 1 N–H and O–H groups in total. The molecule has 0 bridgehead atoms. The molecule has 0 saturated heterocycles. The molecule has 2 saturated carbocycles. The topological polar surface area (TPSA) is 71.7 Å². The van der Waals surface area contributed by atoms with Crippen LogP contribution in [-0.2, 0) is 9.47 Å². The van der Waals surface area contributed by atoms with Crippen LogP contribution in [0, 0.1) is 67.0 Å². The van der Waals surface area contributed by atoms with Gasteiger partial charge in [0, 0.05) is 37.5 Å². The fourth-order valence-corrected chi connectivity index (χ4v) is 9.90. The Balaban J connectivity index is 0.000000153. The summed E-state index contributed by atoms with van der Waals surface area (Å²) in [7, 11) is 5.20. The van der Waals surface area contributed by atoms with Gasteiger partial charge in [-0.3, -0.25) is 0 Å². The quantitative estimate of drug-likeness (QED) is 0.146. The number of methoxy groups -OCH3 is 3. The van der Waals surface area contributed by atoms with E-state index in [4.69, 9.17) is 24.6 Å². The highest BCUT2D eigenvalue weighted by atomic mass is 19.2. The molecule has 404 valence electrons. The van der Waals surface area contributed by atoms with Crippen molar-refractivity contribution in [3.05, 3.63) is 226 Å². The minimum atomic E-state index is -0.765. The molecule has 0 amide bonds. The van der Waals surface area contributed by atoms with Crippen LogP contribution in [0.4, 0.5) is 26.3 Å². The number of phenolic OH excluding ortho intramolecular Hbond substituents is 1. The number of phenols is 1. The number of hydrogen-bond acceptors (Lipinski definition) is 5. The number of hydrogen-bond donors (Lipinski definition) is 1. The maximum atomic E-state index is 14.1. The molecule has 8 aromatic carbocycles. The first-order valence-electron chi connectivity index (χ1n) is 26.2. The number of aryl methyl sites for hydroxylation is 2. The Morgan fingerprint density at radius 3 is 1.32 bits per heavy atom. The third-order valence-electron chi connectivity index (χ3n) is 14.8. The summed E-state index contributed by atoms with van der Waals surface area (Å²) >= 11 is 0. The van der Waals surface area contributed by atoms with Crippen LogP contribution >= 0.6 is 0 Å². The first kappa shape index (κ1) is 58.0. The Labute approximate surface area is 454 Å². The molecule has 10 rings (SSSR count). The first-order valence-corrected chi connectivity index (χ1v) is 26.2. The Hall–Kier alpha value is -7.65. The van der Waals surface area contributed by atoms with Gasteiger partial charge < -0.3 is 19.3 Å². The van der Waals surface area contributed by atoms with Crippen molar-refractivity contribution in [2.45, 2.75) is 96.2 Å². The van der Waals surface area contributed by atoms with Gasteiger partial charge in [-0.2, -0.15) is 5.26 Å². The van der Waals surface area contributed by atoms with E-state index in [0.717, 1.165) is 97.1 Å². The lowest BCUT2D eigenvalue weighted by Crippen LogP contribution is -2.19. The van der Waals surface area contributed by atoms with Gasteiger partial charge in [0.05, 0.1) is 36.5 Å². The number of halogens is 6. The zero-order valence-electron chi connectivity index (χ0n) is 44.9. The average Bonchev–Trinajstić information content (AvgIpc) is 3.47. The number of ether oxygens (including phenoxy) is 3. The highest BCUT2D eigenvalue weighted by Crippen LogP contribution is 2.37. The van der Waals surface area contributed by atoms with Crippen molar-refractivity contribution < 1.29 is 45.7 Å². The molecule has 2 aliphatic rings. The van der Waals surface area contributed by atoms with Gasteiger partial charge in [0.25, 0.3) is 0 Å². The highest BCUT2D eigenvalue weighted by molar-refractivity contribution is 5.68. The van der Waals surface area contributed by atoms with E-state index in [1.54, 1.807) is 64.7 Å². The van der Waals surface area contributed by atoms with Gasteiger partial charge in [-0.15, -0.1) is 0 Å². The smallest absolute Gasteiger partial charge is 0.166 e. The zero-order chi connectivity index (χ0) is 55.9. The molecule has 0 aliphatic heterocycles. The normalized spacial score (nSPS) is 16.7. The van der Waals surface area contributed by atoms with Crippen LogP contribution in [0.1, 0.15) is 96.6 Å². The Morgan fingerprint density at radius 2 is 0.872 bits per heavy atom. The van der Waals surface area contributed by atoms with E-state index in [1.807, 2.05) is 91.9 Å². The van der Waals surface area contributed by atoms with Crippen molar-refractivity contribution in [3.63, 3.8) is 0 Å². The fourth-order valence-electron chi connectivity index (χ4n) is 9.90. The number of aromatic hydroxyl groups is 1. The van der Waals surface area contributed by atoms with E-state index in [2.05, 4.69) is 18.2 Å². The molecule has 0 radical (unpaired) electrons. The second-order valence-corrected chi connectivity index (χ2v) is 19.9. The molecule has 0 atom stereocenters. The summed E-state index contributed by atoms with van der Waals surface area (Å²) < 4.78 is 98.2. The van der Waals surface area contributed by atoms with Crippen molar-refractivity contribution in [1.29, 1.82) is 5.26 Å². The maximum absolute atomic E-state index is 14.1. The SMILES string of the molecule is COC1CCC(c2ccc(-c3cc(F)c(C)c(F)c3)cc2)CC1.COC1CCC(c2ccc(-c3ccc(C)c(F)c3F)cc2)CC1.COc1ccc(-c2ccc(C#N)cc2)cc1.Cc1ccc(-c2c(F)cc(O)cc2F)cc1. The third-order valence-corrected chi connectivity index (χ3v) is 14.8. The third kappa shape index (κ3) is 15.1. The fraction of sp³-hybridized carbons (Fsp3) is 0.269. The molecule has 2 aliphatic carbocycles. The van der Waals surface area contributed by atoms with E-state index in [9.17, 15) is 26.3 Å². The van der Waals surface area contributed by atoms with E-state index in [1.165, 1.54) is 30.2 Å². The van der Waals surface area contributed by atoms with Crippen molar-refractivity contribution in [2.24, 2.45) is 0 Å². The van der Waals surface area contributed by atoms with E-state index in [0.29, 0.717) is 51.9 Å². The van der Waals surface area contributed by atoms with Crippen molar-refractivity contribution in [3.8, 4) is 62.1 Å². The van der Waals surface area contributed by atoms with Gasteiger partial charge >= 0.3 is 0 Å². The van der Waals surface area contributed by atoms with Gasteiger partial charge in [-0.25, -0.2) is 26.3 Å². The minimum absolute atomic E-state index is 0.0697. The number of nitrogens with zero attached hydrogens (tertiary/aromatic N) is 1. The van der Waals surface area contributed by atoms with Crippen LogP contribution in [0.2, 0.25) is 0 Å². The lowest BCUT2D eigenvalue weighted by atomic mass is 9.82. The number of benzene rings is 8. The summed E-state index contributed by atoms with van der Waals surface area (Å²) in [6.45, 7) is 4.92. The summed E-state index contributed by atoms with van der Waals surface area (Å²) in [6.07, 6.45) is 9.63. The minimum Gasteiger partial charge on any atom is -0.508 e. The van der Waals surface area contributed by atoms with Crippen LogP contribution in [0.3, 0.4) is 0 Å². The van der Waals surface area contributed by atoms with Gasteiger partial charge in [-0.1, -0.05) is 115 Å². The second-order valence-electron chi connectivity index (χ2n) is 19.9. The molecule has 2 fully saturated rings. The zero-order valence-corrected chi connectivity index (χ0v) is 44.9. The van der Waals surface area contributed by atoms with Crippen LogP contribution in [0.25, 0.3) is 44.5 Å². The molecule has 78 heavy (non-hydrogen) atoms. The van der Waals surface area contributed by atoms with Gasteiger partial charge in [0.15, 0.2) is 11.6 Å². The van der Waals surface area contributed by atoms with Crippen LogP contribution in [0.5, 0.6) is 11.5 Å². The van der Waals surface area contributed by atoms with E-state index in [-0.39, 0.29) is 11.1 Å². The standard InChI is InChI=1S/2C20H22F2O.C14H11NO.C13H10F2O/c1-13-3-12-18(20(22)19(13)21)16-6-4-14(5-7-16)15-8-10-17(23-2)11-9-15;1-13-19(21)11-17(12-20(13)22)16-5-3-14(4-6-16)15-7-9-18(23-2)10-8-15;1-16-14-8-6-13(7-9-14)12-4-2-11(10-15)3-5-12;1-8-2-4-9(5-3-8)13-11(14)6-10(16)7-12(13)15/h3-7,12,15,17H,8-11H2,1-2H3;3-6,11-12,15,18H,7-10H2,1-2H3;2-9H,1H3;2-7,16H,1H3. The number of nitriles is 1. The molecule has 5 nitrogen and oxygen atoms in total. The predicted octanol–water partition coefficient (Wildman–Crippen LogP) is 18.1. The summed E-state index contributed by atoms with van der Waals surface area (Å²) in [6, 6.07) is 48.2. The van der Waals surface area contributed by atoms with E-state index >= 15 is 0 Å². The molecule has 0 unspecified atom stereocenters. The van der Waals surface area contributed by atoms with Crippen molar-refractivity contribution in [2.75, 3.05) is 21.3 Å². The molecule has 11 heteroatoms. The van der Waals surface area contributed by atoms with Gasteiger partial charge in [-0.05, 0) is 170 Å². The molecular formula is C67H65F6NO4. The summed E-state index contributed by atoms with van der Waals surface area (Å²) in [4.78, 5) is 0. The summed E-state index contributed by atoms with van der Waals surface area (Å²) in [5.41, 5.74) is 9.70. The Morgan fingerprint density at radius 1 is 0.449 bits per heavy atom. The van der Waals surface area contributed by atoms with Crippen molar-refractivity contribution in [1.82, 2.24) is 0 Å². The Bertz CT molecular complexity index is 3200. The second kappa shape index (κ2) is 27.6. The molecule has 0 heterocycles. The largest absolute Gasteiger partial charge is 0.508 e. The van der Waals surface area contributed by atoms with Crippen LogP contribution < -0.4 is 4.74 Å². The summed E-state index contributed by atoms with van der Waals surface area (Å²) in [5.74, 6) is -2.52. The lowest BCUT2D eigenvalue weighted by Gasteiger charge is -2.28. The molecule has 8 aromatic rings. The monoisotopic (exact) mass is 1060 g/mol.